The minimum Gasteiger partial charge on any atom is -0.392 e. The van der Waals surface area contributed by atoms with Crippen LogP contribution in [0.5, 0.6) is 0 Å². The van der Waals surface area contributed by atoms with Gasteiger partial charge in [-0.1, -0.05) is 0 Å². The van der Waals surface area contributed by atoms with Gasteiger partial charge in [0.2, 0.25) is 0 Å². The highest BCUT2D eigenvalue weighted by atomic mass is 19.1. The lowest BCUT2D eigenvalue weighted by molar-refractivity contribution is 0.118. The summed E-state index contributed by atoms with van der Waals surface area (Å²) >= 11 is 0. The molecule has 0 bridgehead atoms. The summed E-state index contributed by atoms with van der Waals surface area (Å²) in [7, 11) is 0. The Balaban J connectivity index is 1.77. The number of hydrogen-bond acceptors (Lipinski definition) is 3. The lowest BCUT2D eigenvalue weighted by Gasteiger charge is -2.24. The molecule has 1 aromatic carbocycles. The Bertz CT molecular complexity index is 890. The Labute approximate surface area is 158 Å². The molecule has 27 heavy (non-hydrogen) atoms. The average molecular weight is 365 g/mol. The van der Waals surface area contributed by atoms with Crippen LogP contribution in [-0.4, -0.2) is 39.2 Å². The van der Waals surface area contributed by atoms with Crippen LogP contribution in [0.3, 0.4) is 0 Å². The molecule has 2 atom stereocenters. The number of H-pyrrole nitrogens is 1. The quantitative estimate of drug-likeness (QED) is 0.705. The van der Waals surface area contributed by atoms with Gasteiger partial charge in [0.1, 0.15) is 5.82 Å². The third kappa shape index (κ3) is 3.80. The summed E-state index contributed by atoms with van der Waals surface area (Å²) in [6.45, 7) is 3.49. The highest BCUT2D eigenvalue weighted by molar-refractivity contribution is 5.81. The predicted octanol–water partition coefficient (Wildman–Crippen LogP) is 4.40. The normalized spacial score (nSPS) is 18.7. The average Bonchev–Trinajstić information content (AvgIpc) is 3.29. The standard InChI is InChI=1S/C22H24FN3O/c1-15(27)14-26-12-2-3-21(26)20-13-19(16-8-10-24-11-9-16)22(25-20)17-4-6-18(23)7-5-17/h4-11,13,15,21,25,27H,2-3,12,14H2,1H3/t15-,21?/m1/s1. The van der Waals surface area contributed by atoms with Crippen molar-refractivity contribution in [2.24, 2.45) is 0 Å². The second-order valence-electron chi connectivity index (χ2n) is 7.26. The molecule has 140 valence electrons. The molecule has 5 heteroatoms. The summed E-state index contributed by atoms with van der Waals surface area (Å²) in [5.41, 5.74) is 5.24. The van der Waals surface area contributed by atoms with Crippen molar-refractivity contribution in [1.29, 1.82) is 0 Å². The summed E-state index contributed by atoms with van der Waals surface area (Å²) < 4.78 is 13.4. The zero-order valence-corrected chi connectivity index (χ0v) is 15.4. The summed E-state index contributed by atoms with van der Waals surface area (Å²) in [5.74, 6) is -0.241. The smallest absolute Gasteiger partial charge is 0.123 e. The van der Waals surface area contributed by atoms with Crippen molar-refractivity contribution < 1.29 is 9.50 Å². The Morgan fingerprint density at radius 1 is 1.19 bits per heavy atom. The number of pyridine rings is 1. The lowest BCUT2D eigenvalue weighted by Crippen LogP contribution is -2.30. The van der Waals surface area contributed by atoms with E-state index in [-0.39, 0.29) is 18.0 Å². The number of aromatic amines is 1. The van der Waals surface area contributed by atoms with Gasteiger partial charge in [-0.25, -0.2) is 4.39 Å². The van der Waals surface area contributed by atoms with E-state index in [1.165, 1.54) is 12.1 Å². The third-order valence-corrected chi connectivity index (χ3v) is 5.18. The molecule has 0 radical (unpaired) electrons. The largest absolute Gasteiger partial charge is 0.392 e. The van der Waals surface area contributed by atoms with E-state index in [9.17, 15) is 9.50 Å². The van der Waals surface area contributed by atoms with Crippen LogP contribution >= 0.6 is 0 Å². The Morgan fingerprint density at radius 2 is 1.93 bits per heavy atom. The molecule has 0 saturated carbocycles. The fourth-order valence-corrected chi connectivity index (χ4v) is 3.99. The number of aliphatic hydroxyl groups excluding tert-OH is 1. The number of rotatable bonds is 5. The molecular weight excluding hydrogens is 341 g/mol. The van der Waals surface area contributed by atoms with E-state index in [4.69, 9.17) is 0 Å². The maximum Gasteiger partial charge on any atom is 0.123 e. The first-order valence-electron chi connectivity index (χ1n) is 9.43. The molecule has 2 aromatic heterocycles. The molecule has 3 aromatic rings. The number of likely N-dealkylation sites (tertiary alicyclic amines) is 1. The molecule has 1 fully saturated rings. The van der Waals surface area contributed by atoms with Gasteiger partial charge in [-0.15, -0.1) is 0 Å². The van der Waals surface area contributed by atoms with Crippen LogP contribution in [0, 0.1) is 5.82 Å². The molecule has 4 nitrogen and oxygen atoms in total. The Kier molecular flexibility index (Phi) is 5.05. The van der Waals surface area contributed by atoms with Crippen molar-refractivity contribution in [3.05, 3.63) is 66.4 Å². The van der Waals surface area contributed by atoms with Crippen LogP contribution < -0.4 is 0 Å². The SMILES string of the molecule is C[C@@H](O)CN1CCCC1c1cc(-c2ccncc2)c(-c2ccc(F)cc2)[nH]1. The van der Waals surface area contributed by atoms with Gasteiger partial charge in [-0.05, 0) is 79.9 Å². The van der Waals surface area contributed by atoms with Crippen molar-refractivity contribution in [3.63, 3.8) is 0 Å². The lowest BCUT2D eigenvalue weighted by atomic mass is 10.0. The van der Waals surface area contributed by atoms with E-state index in [1.807, 2.05) is 19.1 Å². The summed E-state index contributed by atoms with van der Waals surface area (Å²) in [6.07, 6.45) is 5.40. The van der Waals surface area contributed by atoms with Crippen molar-refractivity contribution in [2.45, 2.75) is 31.9 Å². The van der Waals surface area contributed by atoms with Gasteiger partial charge in [0.25, 0.3) is 0 Å². The molecule has 1 aliphatic heterocycles. The monoisotopic (exact) mass is 365 g/mol. The highest BCUT2D eigenvalue weighted by Gasteiger charge is 2.29. The predicted molar refractivity (Wildman–Crippen MR) is 105 cm³/mol. The zero-order chi connectivity index (χ0) is 18.8. The third-order valence-electron chi connectivity index (χ3n) is 5.18. The fourth-order valence-electron chi connectivity index (χ4n) is 3.99. The van der Waals surface area contributed by atoms with Gasteiger partial charge in [-0.3, -0.25) is 9.88 Å². The van der Waals surface area contributed by atoms with Gasteiger partial charge < -0.3 is 10.1 Å². The number of nitrogens with one attached hydrogen (secondary N) is 1. The van der Waals surface area contributed by atoms with Gasteiger partial charge in [-0.2, -0.15) is 0 Å². The Hall–Kier alpha value is -2.50. The first-order valence-corrected chi connectivity index (χ1v) is 9.43. The minimum atomic E-state index is -0.350. The van der Waals surface area contributed by atoms with Crippen LogP contribution in [0.25, 0.3) is 22.4 Å². The van der Waals surface area contributed by atoms with E-state index in [2.05, 4.69) is 20.9 Å². The zero-order valence-electron chi connectivity index (χ0n) is 15.4. The van der Waals surface area contributed by atoms with Crippen LogP contribution in [0.4, 0.5) is 4.39 Å². The number of β-amino-alcohol motifs (C(OH)–C–C–N with tert-alkyl or cyclic N) is 1. The number of aliphatic hydroxyl groups is 1. The number of halogens is 1. The first kappa shape index (κ1) is 17.9. The molecule has 3 heterocycles. The molecule has 1 saturated heterocycles. The van der Waals surface area contributed by atoms with E-state index < -0.39 is 0 Å². The van der Waals surface area contributed by atoms with E-state index in [0.29, 0.717) is 6.54 Å². The van der Waals surface area contributed by atoms with Crippen molar-refractivity contribution in [2.75, 3.05) is 13.1 Å². The Morgan fingerprint density at radius 3 is 2.63 bits per heavy atom. The van der Waals surface area contributed by atoms with Crippen LogP contribution in [-0.2, 0) is 0 Å². The molecule has 1 aliphatic rings. The molecule has 4 rings (SSSR count). The molecule has 0 amide bonds. The van der Waals surface area contributed by atoms with Gasteiger partial charge >= 0.3 is 0 Å². The molecule has 1 unspecified atom stereocenters. The minimum absolute atomic E-state index is 0.241. The highest BCUT2D eigenvalue weighted by Crippen LogP contribution is 2.38. The van der Waals surface area contributed by atoms with Gasteiger partial charge in [0.05, 0.1) is 11.8 Å². The number of aromatic nitrogens is 2. The fraction of sp³-hybridized carbons (Fsp3) is 0.318. The maximum atomic E-state index is 13.4. The van der Waals surface area contributed by atoms with Crippen molar-refractivity contribution >= 4 is 0 Å². The van der Waals surface area contributed by atoms with Crippen LogP contribution in [0.2, 0.25) is 0 Å². The second-order valence-corrected chi connectivity index (χ2v) is 7.26. The van der Waals surface area contributed by atoms with Gasteiger partial charge in [0.15, 0.2) is 0 Å². The summed E-state index contributed by atoms with van der Waals surface area (Å²) in [5, 5.41) is 9.82. The van der Waals surface area contributed by atoms with E-state index in [0.717, 1.165) is 47.5 Å². The number of hydrogen-bond donors (Lipinski definition) is 2. The van der Waals surface area contributed by atoms with Crippen LogP contribution in [0.15, 0.2) is 54.9 Å². The summed E-state index contributed by atoms with van der Waals surface area (Å²) in [4.78, 5) is 10.0. The van der Waals surface area contributed by atoms with Crippen molar-refractivity contribution in [1.82, 2.24) is 14.9 Å². The molecule has 0 aliphatic carbocycles. The van der Waals surface area contributed by atoms with Crippen molar-refractivity contribution in [3.8, 4) is 22.4 Å². The number of nitrogens with zero attached hydrogens (tertiary/aromatic N) is 2. The second kappa shape index (κ2) is 7.62. The molecular formula is C22H24FN3O. The van der Waals surface area contributed by atoms with Crippen LogP contribution in [0.1, 0.15) is 31.5 Å². The van der Waals surface area contributed by atoms with E-state index >= 15 is 0 Å². The topological polar surface area (TPSA) is 52.1 Å². The van der Waals surface area contributed by atoms with Gasteiger partial charge in [0, 0.05) is 36.2 Å². The van der Waals surface area contributed by atoms with E-state index in [1.54, 1.807) is 24.5 Å². The first-order chi connectivity index (χ1) is 13.1. The molecule has 2 N–H and O–H groups in total. The maximum absolute atomic E-state index is 13.4. The molecule has 0 spiro atoms. The summed E-state index contributed by atoms with van der Waals surface area (Å²) in [6, 6.07) is 13.0. The number of benzene rings is 1.